The first-order valence-electron chi connectivity index (χ1n) is 7.82. The average Bonchev–Trinajstić information content (AvgIpc) is 3.16. The number of hydrogen-bond acceptors (Lipinski definition) is 4. The Bertz CT molecular complexity index is 830. The Morgan fingerprint density at radius 2 is 2.38 bits per heavy atom. The minimum absolute atomic E-state index is 0.232. The van der Waals surface area contributed by atoms with Gasteiger partial charge in [0.2, 0.25) is 5.91 Å². The molecular weight excluding hydrogens is 304 g/mol. The largest absolute Gasteiger partial charge is 0.493 e. The lowest BCUT2D eigenvalue weighted by Crippen LogP contribution is -2.13. The lowest BCUT2D eigenvalue weighted by Gasteiger charge is -2.05. The number of rotatable bonds is 5. The molecule has 6 heteroatoms. The zero-order valence-electron chi connectivity index (χ0n) is 13.5. The Balaban J connectivity index is 1.66. The highest BCUT2D eigenvalue weighted by molar-refractivity contribution is 6.01. The summed E-state index contributed by atoms with van der Waals surface area (Å²) in [6.45, 7) is 3.02. The highest BCUT2D eigenvalue weighted by Gasteiger charge is 2.11. The number of fused-ring (bicyclic) bond motifs is 1. The molecule has 2 aromatic rings. The molecule has 0 radical (unpaired) electrons. The molecule has 1 aliphatic heterocycles. The molecule has 122 valence electrons. The summed E-state index contributed by atoms with van der Waals surface area (Å²) in [5, 5.41) is 15.8. The number of nitrogens with one attached hydrogen (secondary N) is 1. The van der Waals surface area contributed by atoms with Gasteiger partial charge < -0.3 is 10.1 Å². The maximum atomic E-state index is 12.1. The second kappa shape index (κ2) is 7.01. The molecule has 1 N–H and O–H groups in total. The average molecular weight is 322 g/mol. The number of benzene rings is 1. The van der Waals surface area contributed by atoms with Crippen molar-refractivity contribution in [3.05, 3.63) is 47.2 Å². The highest BCUT2D eigenvalue weighted by Crippen LogP contribution is 2.26. The molecule has 0 atom stereocenters. The topological polar surface area (TPSA) is 79.9 Å². The molecule has 1 aromatic heterocycles. The van der Waals surface area contributed by atoms with Gasteiger partial charge in [0.05, 0.1) is 31.3 Å². The van der Waals surface area contributed by atoms with Crippen LogP contribution in [-0.2, 0) is 17.8 Å². The van der Waals surface area contributed by atoms with Gasteiger partial charge in [-0.15, -0.1) is 0 Å². The maximum absolute atomic E-state index is 12.1. The number of amides is 1. The third-order valence-electron chi connectivity index (χ3n) is 3.73. The predicted molar refractivity (Wildman–Crippen MR) is 90.5 cm³/mol. The molecule has 0 unspecified atom stereocenters. The van der Waals surface area contributed by atoms with Crippen LogP contribution in [0.5, 0.6) is 5.75 Å². The van der Waals surface area contributed by atoms with E-state index in [1.807, 2.05) is 25.1 Å². The van der Waals surface area contributed by atoms with E-state index in [1.165, 1.54) is 11.6 Å². The van der Waals surface area contributed by atoms with Crippen LogP contribution in [0.4, 0.5) is 5.82 Å². The van der Waals surface area contributed by atoms with Crippen molar-refractivity contribution >= 4 is 17.8 Å². The fourth-order valence-electron chi connectivity index (χ4n) is 2.62. The number of carbonyl (C=O) groups is 1. The van der Waals surface area contributed by atoms with Gasteiger partial charge in [-0.2, -0.15) is 10.4 Å². The molecule has 6 nitrogen and oxygen atoms in total. The molecule has 0 spiro atoms. The van der Waals surface area contributed by atoms with Gasteiger partial charge in [-0.1, -0.05) is 6.07 Å². The number of aryl methyl sites for hydroxylation is 2. The number of ether oxygens (including phenoxy) is 1. The van der Waals surface area contributed by atoms with Crippen molar-refractivity contribution in [2.75, 3.05) is 11.9 Å². The minimum atomic E-state index is -0.232. The van der Waals surface area contributed by atoms with Crippen molar-refractivity contribution in [3.63, 3.8) is 0 Å². The summed E-state index contributed by atoms with van der Waals surface area (Å²) in [6.07, 6.45) is 4.52. The van der Waals surface area contributed by atoms with E-state index in [4.69, 9.17) is 10.00 Å². The fourth-order valence-corrected chi connectivity index (χ4v) is 2.62. The third kappa shape index (κ3) is 3.63. The molecule has 0 bridgehead atoms. The van der Waals surface area contributed by atoms with E-state index in [-0.39, 0.29) is 5.91 Å². The summed E-state index contributed by atoms with van der Waals surface area (Å²) in [7, 11) is 0. The quantitative estimate of drug-likeness (QED) is 0.858. The molecule has 0 saturated heterocycles. The first-order chi connectivity index (χ1) is 11.7. The van der Waals surface area contributed by atoms with E-state index in [1.54, 1.807) is 16.8 Å². The normalized spacial score (nSPS) is 12.7. The summed E-state index contributed by atoms with van der Waals surface area (Å²) in [5.41, 5.74) is 2.93. The van der Waals surface area contributed by atoms with E-state index in [0.29, 0.717) is 18.8 Å². The second-order valence-electron chi connectivity index (χ2n) is 5.59. The van der Waals surface area contributed by atoms with E-state index < -0.39 is 0 Å². The summed E-state index contributed by atoms with van der Waals surface area (Å²) in [4.78, 5) is 12.1. The van der Waals surface area contributed by atoms with Crippen molar-refractivity contribution in [1.29, 1.82) is 5.26 Å². The Labute approximate surface area is 140 Å². The van der Waals surface area contributed by atoms with Crippen LogP contribution in [0.1, 0.15) is 23.2 Å². The number of nitriles is 1. The Morgan fingerprint density at radius 3 is 3.21 bits per heavy atom. The van der Waals surface area contributed by atoms with Crippen LogP contribution >= 0.6 is 0 Å². The summed E-state index contributed by atoms with van der Waals surface area (Å²) < 4.78 is 7.11. The van der Waals surface area contributed by atoms with Crippen LogP contribution in [0.25, 0.3) is 6.08 Å². The van der Waals surface area contributed by atoms with Gasteiger partial charge in [0, 0.05) is 18.6 Å². The lowest BCUT2D eigenvalue weighted by molar-refractivity contribution is -0.111. The van der Waals surface area contributed by atoms with Crippen molar-refractivity contribution in [3.8, 4) is 11.8 Å². The summed E-state index contributed by atoms with van der Waals surface area (Å²) in [6, 6.07) is 9.75. The molecule has 0 fully saturated rings. The maximum Gasteiger partial charge on any atom is 0.249 e. The Morgan fingerprint density at radius 1 is 1.50 bits per heavy atom. The van der Waals surface area contributed by atoms with E-state index in [2.05, 4.69) is 16.5 Å². The van der Waals surface area contributed by atoms with Gasteiger partial charge in [0.25, 0.3) is 0 Å². The van der Waals surface area contributed by atoms with Crippen molar-refractivity contribution < 1.29 is 9.53 Å². The molecular formula is C18H18N4O2. The first-order valence-corrected chi connectivity index (χ1v) is 7.82. The van der Waals surface area contributed by atoms with Crippen LogP contribution in [0, 0.1) is 18.3 Å². The third-order valence-corrected chi connectivity index (χ3v) is 3.73. The van der Waals surface area contributed by atoms with E-state index in [0.717, 1.165) is 30.0 Å². The summed E-state index contributed by atoms with van der Waals surface area (Å²) in [5.74, 6) is 1.29. The molecule has 24 heavy (non-hydrogen) atoms. The number of carbonyl (C=O) groups excluding carboxylic acids is 1. The molecule has 3 rings (SSSR count). The molecule has 1 amide bonds. The molecule has 0 saturated carbocycles. The van der Waals surface area contributed by atoms with Gasteiger partial charge in [0.15, 0.2) is 0 Å². The fraction of sp³-hybridized carbons (Fsp3) is 0.278. The van der Waals surface area contributed by atoms with Crippen LogP contribution in [-0.4, -0.2) is 22.3 Å². The van der Waals surface area contributed by atoms with Crippen molar-refractivity contribution in [1.82, 2.24) is 9.78 Å². The van der Waals surface area contributed by atoms with Gasteiger partial charge in [-0.05, 0) is 36.3 Å². The Kier molecular flexibility index (Phi) is 4.62. The molecule has 1 aliphatic rings. The standard InChI is InChI=1S/C18H18N4O2/c1-13-11-17(22(21-13)9-2-8-19)20-18(23)6-4-14-3-5-16-15(12-14)7-10-24-16/h3-6,11-12H,2,7,9-10H2,1H3,(H,20,23)/b6-4+. The number of nitrogens with zero attached hydrogens (tertiary/aromatic N) is 3. The van der Waals surface area contributed by atoms with E-state index in [9.17, 15) is 4.79 Å². The van der Waals surface area contributed by atoms with Crippen LogP contribution < -0.4 is 10.1 Å². The minimum Gasteiger partial charge on any atom is -0.493 e. The monoisotopic (exact) mass is 322 g/mol. The highest BCUT2D eigenvalue weighted by atomic mass is 16.5. The molecule has 2 heterocycles. The zero-order valence-corrected chi connectivity index (χ0v) is 13.5. The second-order valence-corrected chi connectivity index (χ2v) is 5.59. The van der Waals surface area contributed by atoms with Crippen LogP contribution in [0.2, 0.25) is 0 Å². The first kappa shape index (κ1) is 15.8. The smallest absolute Gasteiger partial charge is 0.249 e. The molecule has 1 aromatic carbocycles. The van der Waals surface area contributed by atoms with Gasteiger partial charge in [-0.25, -0.2) is 4.68 Å². The van der Waals surface area contributed by atoms with Crippen LogP contribution in [0.15, 0.2) is 30.3 Å². The lowest BCUT2D eigenvalue weighted by atomic mass is 10.1. The summed E-state index contributed by atoms with van der Waals surface area (Å²) >= 11 is 0. The zero-order chi connectivity index (χ0) is 16.9. The Hall–Kier alpha value is -3.07. The number of hydrogen-bond donors (Lipinski definition) is 1. The number of aromatic nitrogens is 2. The van der Waals surface area contributed by atoms with Gasteiger partial charge in [-0.3, -0.25) is 4.79 Å². The SMILES string of the molecule is Cc1cc(NC(=O)/C=C/c2ccc3c(c2)CCO3)n(CCC#N)n1. The van der Waals surface area contributed by atoms with Gasteiger partial charge in [0.1, 0.15) is 11.6 Å². The molecule has 0 aliphatic carbocycles. The number of anilines is 1. The van der Waals surface area contributed by atoms with Crippen LogP contribution in [0.3, 0.4) is 0 Å². The predicted octanol–water partition coefficient (Wildman–Crippen LogP) is 2.69. The van der Waals surface area contributed by atoms with Crippen molar-refractivity contribution in [2.24, 2.45) is 0 Å². The van der Waals surface area contributed by atoms with Crippen molar-refractivity contribution in [2.45, 2.75) is 26.3 Å². The van der Waals surface area contributed by atoms with Gasteiger partial charge >= 0.3 is 0 Å². The van der Waals surface area contributed by atoms with E-state index >= 15 is 0 Å².